The average molecular weight is 271 g/mol. The number of aryl methyl sites for hydroxylation is 1. The maximum Gasteiger partial charge on any atom is 0.184 e. The van der Waals surface area contributed by atoms with E-state index in [9.17, 15) is 0 Å². The molecule has 1 aromatic carbocycles. The summed E-state index contributed by atoms with van der Waals surface area (Å²) in [6, 6.07) is 5.72. The Morgan fingerprint density at radius 2 is 2.16 bits per heavy atom. The van der Waals surface area contributed by atoms with Gasteiger partial charge in [-0.15, -0.1) is 0 Å². The first-order valence-electron chi connectivity index (χ1n) is 5.88. The summed E-state index contributed by atoms with van der Waals surface area (Å²) in [6.45, 7) is 2.53. The number of benzene rings is 1. The van der Waals surface area contributed by atoms with Crippen molar-refractivity contribution >= 4 is 32.4 Å². The van der Waals surface area contributed by atoms with Crippen molar-refractivity contribution in [3.05, 3.63) is 42.0 Å². The third kappa shape index (κ3) is 2.63. The molecule has 0 amide bonds. The number of hydrogen-bond donors (Lipinski definition) is 2. The Bertz CT molecular complexity index is 705. The normalized spacial score (nSPS) is 10.8. The molecule has 3 rings (SSSR count). The van der Waals surface area contributed by atoms with Crippen LogP contribution in [0.3, 0.4) is 0 Å². The zero-order valence-electron chi connectivity index (χ0n) is 10.4. The number of thiazole rings is 1. The number of rotatable bonds is 3. The van der Waals surface area contributed by atoms with Crippen molar-refractivity contribution in [2.75, 3.05) is 11.1 Å². The number of aromatic nitrogens is 3. The Labute approximate surface area is 114 Å². The molecular weight excluding hydrogens is 258 g/mol. The molecule has 0 saturated heterocycles. The van der Waals surface area contributed by atoms with Crippen LogP contribution in [0.5, 0.6) is 0 Å². The van der Waals surface area contributed by atoms with Crippen molar-refractivity contribution in [3.63, 3.8) is 0 Å². The van der Waals surface area contributed by atoms with Crippen molar-refractivity contribution in [2.24, 2.45) is 0 Å². The summed E-state index contributed by atoms with van der Waals surface area (Å²) in [6.07, 6.45) is 3.53. The van der Waals surface area contributed by atoms with Crippen molar-refractivity contribution in [1.82, 2.24) is 15.0 Å². The molecule has 2 heterocycles. The molecule has 3 N–H and O–H groups in total. The number of hydrogen-bond acceptors (Lipinski definition) is 6. The van der Waals surface area contributed by atoms with E-state index < -0.39 is 0 Å². The van der Waals surface area contributed by atoms with E-state index in [0.29, 0.717) is 6.54 Å². The summed E-state index contributed by atoms with van der Waals surface area (Å²) in [5, 5.41) is 4.12. The van der Waals surface area contributed by atoms with E-state index in [2.05, 4.69) is 20.3 Å². The zero-order valence-corrected chi connectivity index (χ0v) is 11.2. The molecule has 0 fully saturated rings. The predicted octanol–water partition coefficient (Wildman–Crippen LogP) is 2.59. The smallest absolute Gasteiger partial charge is 0.184 e. The van der Waals surface area contributed by atoms with Crippen LogP contribution in [0.15, 0.2) is 30.6 Å². The van der Waals surface area contributed by atoms with Gasteiger partial charge in [0, 0.05) is 11.9 Å². The first-order chi connectivity index (χ1) is 9.20. The number of nitrogens with two attached hydrogens (primary N) is 1. The lowest BCUT2D eigenvalue weighted by molar-refractivity contribution is 0.983. The van der Waals surface area contributed by atoms with Gasteiger partial charge in [0.15, 0.2) is 5.13 Å². The third-order valence-electron chi connectivity index (χ3n) is 2.67. The Kier molecular flexibility index (Phi) is 3.00. The molecule has 0 radical (unpaired) electrons. The van der Waals surface area contributed by atoms with Crippen LogP contribution >= 0.6 is 11.3 Å². The van der Waals surface area contributed by atoms with E-state index in [0.717, 1.165) is 32.4 Å². The molecule has 0 saturated carbocycles. The quantitative estimate of drug-likeness (QED) is 0.716. The van der Waals surface area contributed by atoms with Crippen LogP contribution in [0.4, 0.5) is 10.8 Å². The number of anilines is 2. The van der Waals surface area contributed by atoms with E-state index >= 15 is 0 Å². The summed E-state index contributed by atoms with van der Waals surface area (Å²) < 4.78 is 1.08. The average Bonchev–Trinajstić information content (AvgIpc) is 2.80. The van der Waals surface area contributed by atoms with Crippen molar-refractivity contribution < 1.29 is 0 Å². The highest BCUT2D eigenvalue weighted by molar-refractivity contribution is 7.22. The fraction of sp³-hybridized carbons (Fsp3) is 0.154. The molecule has 0 bridgehead atoms. The van der Waals surface area contributed by atoms with Gasteiger partial charge in [-0.2, -0.15) is 0 Å². The highest BCUT2D eigenvalue weighted by atomic mass is 32.1. The second kappa shape index (κ2) is 4.81. The number of nitrogen functional groups attached to an aromatic ring is 1. The molecule has 5 nitrogen and oxygen atoms in total. The molecule has 0 aliphatic carbocycles. The Balaban J connectivity index is 1.76. The van der Waals surface area contributed by atoms with Crippen molar-refractivity contribution in [1.29, 1.82) is 0 Å². The van der Waals surface area contributed by atoms with Gasteiger partial charge in [0.1, 0.15) is 0 Å². The minimum absolute atomic E-state index is 0.614. The SMILES string of the molecule is Cc1cnc(CNc2nc3ccc(N)cc3s2)cn1. The Hall–Kier alpha value is -2.21. The molecule has 0 aliphatic heterocycles. The summed E-state index contributed by atoms with van der Waals surface area (Å²) in [7, 11) is 0. The van der Waals surface area contributed by atoms with Crippen molar-refractivity contribution in [2.45, 2.75) is 13.5 Å². The van der Waals surface area contributed by atoms with Gasteiger partial charge in [0.25, 0.3) is 0 Å². The first-order valence-corrected chi connectivity index (χ1v) is 6.70. The number of nitrogens with zero attached hydrogens (tertiary/aromatic N) is 3. The van der Waals surface area contributed by atoms with E-state index in [-0.39, 0.29) is 0 Å². The molecular formula is C13H13N5S. The highest BCUT2D eigenvalue weighted by Gasteiger charge is 2.04. The minimum Gasteiger partial charge on any atom is -0.399 e. The fourth-order valence-electron chi connectivity index (χ4n) is 1.69. The summed E-state index contributed by atoms with van der Waals surface area (Å²) in [5.74, 6) is 0. The highest BCUT2D eigenvalue weighted by Crippen LogP contribution is 2.27. The van der Waals surface area contributed by atoms with Crippen LogP contribution in [0.2, 0.25) is 0 Å². The van der Waals surface area contributed by atoms with Crippen LogP contribution in [0, 0.1) is 6.92 Å². The van der Waals surface area contributed by atoms with E-state index in [1.807, 2.05) is 25.1 Å². The fourth-order valence-corrected chi connectivity index (χ4v) is 2.60. The summed E-state index contributed by atoms with van der Waals surface area (Å²) in [5.41, 5.74) is 9.27. The monoisotopic (exact) mass is 271 g/mol. The molecule has 2 aromatic heterocycles. The second-order valence-electron chi connectivity index (χ2n) is 4.25. The van der Waals surface area contributed by atoms with Gasteiger partial charge < -0.3 is 11.1 Å². The van der Waals surface area contributed by atoms with Gasteiger partial charge in [-0.1, -0.05) is 11.3 Å². The summed E-state index contributed by atoms with van der Waals surface area (Å²) in [4.78, 5) is 13.0. The molecule has 0 aliphatic rings. The van der Waals surface area contributed by atoms with E-state index in [1.165, 1.54) is 0 Å². The van der Waals surface area contributed by atoms with Gasteiger partial charge in [0.2, 0.25) is 0 Å². The minimum atomic E-state index is 0.614. The first kappa shape index (κ1) is 11.9. The zero-order chi connectivity index (χ0) is 13.2. The molecule has 19 heavy (non-hydrogen) atoms. The molecule has 0 unspecified atom stereocenters. The Morgan fingerprint density at radius 3 is 2.95 bits per heavy atom. The van der Waals surface area contributed by atoms with Crippen LogP contribution in [0.1, 0.15) is 11.4 Å². The Morgan fingerprint density at radius 1 is 1.26 bits per heavy atom. The van der Waals surface area contributed by atoms with Crippen LogP contribution in [-0.2, 0) is 6.54 Å². The van der Waals surface area contributed by atoms with Crippen LogP contribution in [0.25, 0.3) is 10.2 Å². The van der Waals surface area contributed by atoms with Gasteiger partial charge in [0.05, 0.1) is 34.3 Å². The third-order valence-corrected chi connectivity index (χ3v) is 3.64. The lowest BCUT2D eigenvalue weighted by Crippen LogP contribution is -2.02. The topological polar surface area (TPSA) is 76.7 Å². The standard InChI is InChI=1S/C13H13N5S/c1-8-5-16-10(6-15-8)7-17-13-18-11-3-2-9(14)4-12(11)19-13/h2-6H,7,14H2,1H3,(H,17,18). The molecule has 6 heteroatoms. The molecule has 96 valence electrons. The van der Waals surface area contributed by atoms with E-state index in [4.69, 9.17) is 5.73 Å². The summed E-state index contributed by atoms with van der Waals surface area (Å²) >= 11 is 1.58. The van der Waals surface area contributed by atoms with Gasteiger partial charge in [-0.25, -0.2) is 4.98 Å². The molecule has 0 spiro atoms. The van der Waals surface area contributed by atoms with Crippen LogP contribution < -0.4 is 11.1 Å². The maximum atomic E-state index is 5.75. The number of nitrogens with one attached hydrogen (secondary N) is 1. The maximum absolute atomic E-state index is 5.75. The van der Waals surface area contributed by atoms with Gasteiger partial charge >= 0.3 is 0 Å². The molecule has 0 atom stereocenters. The lowest BCUT2D eigenvalue weighted by atomic mass is 10.3. The van der Waals surface area contributed by atoms with Crippen LogP contribution in [-0.4, -0.2) is 15.0 Å². The van der Waals surface area contributed by atoms with Gasteiger partial charge in [-0.3, -0.25) is 9.97 Å². The predicted molar refractivity (Wildman–Crippen MR) is 78.1 cm³/mol. The van der Waals surface area contributed by atoms with Crippen molar-refractivity contribution in [3.8, 4) is 0 Å². The van der Waals surface area contributed by atoms with Gasteiger partial charge in [-0.05, 0) is 25.1 Å². The largest absolute Gasteiger partial charge is 0.399 e. The molecule has 3 aromatic rings. The second-order valence-corrected chi connectivity index (χ2v) is 5.28. The number of fused-ring (bicyclic) bond motifs is 1. The lowest BCUT2D eigenvalue weighted by Gasteiger charge is -2.01. The van der Waals surface area contributed by atoms with E-state index in [1.54, 1.807) is 23.7 Å².